The van der Waals surface area contributed by atoms with Crippen molar-refractivity contribution in [2.45, 2.75) is 19.9 Å². The van der Waals surface area contributed by atoms with Crippen LogP contribution in [0.4, 0.5) is 0 Å². The number of thiocarbonyl (C=S) groups is 1. The zero-order chi connectivity index (χ0) is 14.8. The van der Waals surface area contributed by atoms with Crippen molar-refractivity contribution in [1.29, 1.82) is 5.26 Å². The first-order valence-corrected chi connectivity index (χ1v) is 7.14. The van der Waals surface area contributed by atoms with Crippen LogP contribution in [-0.4, -0.2) is 36.8 Å². The van der Waals surface area contributed by atoms with Crippen LogP contribution in [0.25, 0.3) is 0 Å². The van der Waals surface area contributed by atoms with Crippen LogP contribution >= 0.6 is 12.2 Å². The first kappa shape index (κ1) is 16.4. The molecule has 0 heterocycles. The fourth-order valence-corrected chi connectivity index (χ4v) is 1.90. The van der Waals surface area contributed by atoms with Gasteiger partial charge in [-0.25, -0.2) is 0 Å². The largest absolute Gasteiger partial charge is 0.382 e. The van der Waals surface area contributed by atoms with Crippen molar-refractivity contribution in [2.24, 2.45) is 0 Å². The van der Waals surface area contributed by atoms with Gasteiger partial charge in [-0.1, -0.05) is 12.1 Å². The van der Waals surface area contributed by atoms with Gasteiger partial charge in [-0.05, 0) is 43.3 Å². The highest BCUT2D eigenvalue weighted by molar-refractivity contribution is 7.80. The lowest BCUT2D eigenvalue weighted by molar-refractivity contribution is 0.145. The molecule has 0 saturated heterocycles. The van der Waals surface area contributed by atoms with E-state index in [0.717, 1.165) is 31.7 Å². The second kappa shape index (κ2) is 9.29. The van der Waals surface area contributed by atoms with E-state index in [2.05, 4.69) is 11.4 Å². The second-order valence-corrected chi connectivity index (χ2v) is 4.84. The quantitative estimate of drug-likeness (QED) is 0.617. The van der Waals surface area contributed by atoms with Gasteiger partial charge in [0.1, 0.15) is 0 Å². The van der Waals surface area contributed by atoms with Gasteiger partial charge < -0.3 is 15.0 Å². The summed E-state index contributed by atoms with van der Waals surface area (Å²) in [6.45, 7) is 4.98. The minimum absolute atomic E-state index is 0.673. The molecule has 1 N–H and O–H groups in total. The van der Waals surface area contributed by atoms with Gasteiger partial charge in [-0.3, -0.25) is 0 Å². The van der Waals surface area contributed by atoms with Crippen LogP contribution in [0.5, 0.6) is 0 Å². The molecule has 5 heteroatoms. The summed E-state index contributed by atoms with van der Waals surface area (Å²) in [7, 11) is 1.94. The number of hydrogen-bond donors (Lipinski definition) is 1. The molecule has 0 aromatic heterocycles. The minimum Gasteiger partial charge on any atom is -0.382 e. The summed E-state index contributed by atoms with van der Waals surface area (Å²) in [5.41, 5.74) is 1.75. The van der Waals surface area contributed by atoms with Gasteiger partial charge in [0.15, 0.2) is 5.11 Å². The van der Waals surface area contributed by atoms with Crippen LogP contribution < -0.4 is 5.32 Å². The van der Waals surface area contributed by atoms with Gasteiger partial charge in [0.05, 0.1) is 11.6 Å². The maximum absolute atomic E-state index is 8.88. The minimum atomic E-state index is 0.673. The third kappa shape index (κ3) is 6.00. The Morgan fingerprint density at radius 2 is 2.30 bits per heavy atom. The monoisotopic (exact) mass is 291 g/mol. The molecule has 0 aliphatic rings. The standard InChI is InChI=1S/C15H21N3OS/c1-3-19-9-5-8-17-15(20)18(2)12-14-7-4-6-13(10-14)11-16/h4,6-7,10H,3,5,8-9,12H2,1-2H3,(H,17,20). The van der Waals surface area contributed by atoms with Gasteiger partial charge >= 0.3 is 0 Å². The summed E-state index contributed by atoms with van der Waals surface area (Å²) in [5.74, 6) is 0. The van der Waals surface area contributed by atoms with E-state index in [9.17, 15) is 0 Å². The van der Waals surface area contributed by atoms with Crippen molar-refractivity contribution < 1.29 is 4.74 Å². The summed E-state index contributed by atoms with van der Waals surface area (Å²) in [5, 5.41) is 12.8. The van der Waals surface area contributed by atoms with Gasteiger partial charge in [-0.15, -0.1) is 0 Å². The number of nitrogens with zero attached hydrogens (tertiary/aromatic N) is 2. The molecule has 0 saturated carbocycles. The molecular formula is C15H21N3OS. The van der Waals surface area contributed by atoms with E-state index in [1.165, 1.54) is 0 Å². The van der Waals surface area contributed by atoms with Crippen LogP contribution in [0, 0.1) is 11.3 Å². The SMILES string of the molecule is CCOCCCNC(=S)N(C)Cc1cccc(C#N)c1. The van der Waals surface area contributed by atoms with E-state index in [-0.39, 0.29) is 0 Å². The Bertz CT molecular complexity index is 470. The molecule has 0 atom stereocenters. The van der Waals surface area contributed by atoms with Gasteiger partial charge in [-0.2, -0.15) is 5.26 Å². The molecule has 0 amide bonds. The molecule has 0 radical (unpaired) electrons. The summed E-state index contributed by atoms with van der Waals surface area (Å²) in [4.78, 5) is 1.96. The van der Waals surface area contributed by atoms with Crippen LogP contribution in [0.15, 0.2) is 24.3 Å². The highest BCUT2D eigenvalue weighted by atomic mass is 32.1. The van der Waals surface area contributed by atoms with E-state index < -0.39 is 0 Å². The van der Waals surface area contributed by atoms with Crippen molar-refractivity contribution in [3.8, 4) is 6.07 Å². The Kier molecular flexibility index (Phi) is 7.63. The Labute approximate surface area is 126 Å². The van der Waals surface area contributed by atoms with Crippen LogP contribution in [0.1, 0.15) is 24.5 Å². The Morgan fingerprint density at radius 1 is 1.50 bits per heavy atom. The predicted octanol–water partition coefficient (Wildman–Crippen LogP) is 2.29. The molecule has 0 fully saturated rings. The molecule has 20 heavy (non-hydrogen) atoms. The third-order valence-corrected chi connectivity index (χ3v) is 3.22. The summed E-state index contributed by atoms with van der Waals surface area (Å²) in [6.07, 6.45) is 0.936. The van der Waals surface area contributed by atoms with E-state index >= 15 is 0 Å². The lowest BCUT2D eigenvalue weighted by Gasteiger charge is -2.21. The maximum Gasteiger partial charge on any atom is 0.168 e. The first-order chi connectivity index (χ1) is 9.67. The van der Waals surface area contributed by atoms with Gasteiger partial charge in [0, 0.05) is 33.4 Å². The second-order valence-electron chi connectivity index (χ2n) is 4.45. The van der Waals surface area contributed by atoms with Crippen LogP contribution in [0.3, 0.4) is 0 Å². The molecule has 0 aliphatic heterocycles. The van der Waals surface area contributed by atoms with Gasteiger partial charge in [0.25, 0.3) is 0 Å². The summed E-state index contributed by atoms with van der Waals surface area (Å²) < 4.78 is 5.27. The Hall–Kier alpha value is -1.64. The average molecular weight is 291 g/mol. The fraction of sp³-hybridized carbons (Fsp3) is 0.467. The van der Waals surface area contributed by atoms with Crippen molar-refractivity contribution in [3.63, 3.8) is 0 Å². The highest BCUT2D eigenvalue weighted by Crippen LogP contribution is 2.06. The number of hydrogen-bond acceptors (Lipinski definition) is 3. The van der Waals surface area contributed by atoms with E-state index in [0.29, 0.717) is 17.2 Å². The molecule has 1 aromatic carbocycles. The molecule has 1 rings (SSSR count). The van der Waals surface area contributed by atoms with Crippen molar-refractivity contribution in [1.82, 2.24) is 10.2 Å². The van der Waals surface area contributed by atoms with Crippen LogP contribution in [-0.2, 0) is 11.3 Å². The normalized spacial score (nSPS) is 9.85. The number of ether oxygens (including phenoxy) is 1. The zero-order valence-electron chi connectivity index (χ0n) is 12.1. The third-order valence-electron chi connectivity index (χ3n) is 2.77. The zero-order valence-corrected chi connectivity index (χ0v) is 12.9. The smallest absolute Gasteiger partial charge is 0.168 e. The Balaban J connectivity index is 2.35. The topological polar surface area (TPSA) is 48.3 Å². The number of nitriles is 1. The van der Waals surface area contributed by atoms with Crippen molar-refractivity contribution in [2.75, 3.05) is 26.8 Å². The molecule has 1 aromatic rings. The van der Waals surface area contributed by atoms with Gasteiger partial charge in [0.2, 0.25) is 0 Å². The molecule has 4 nitrogen and oxygen atoms in total. The fourth-order valence-electron chi connectivity index (χ4n) is 1.73. The summed E-state index contributed by atoms with van der Waals surface area (Å²) >= 11 is 5.32. The lowest BCUT2D eigenvalue weighted by Crippen LogP contribution is -2.37. The number of rotatable bonds is 7. The molecular weight excluding hydrogens is 270 g/mol. The maximum atomic E-state index is 8.88. The molecule has 0 aliphatic carbocycles. The van der Waals surface area contributed by atoms with E-state index in [4.69, 9.17) is 22.2 Å². The Morgan fingerprint density at radius 3 is 3.00 bits per heavy atom. The summed E-state index contributed by atoms with van der Waals surface area (Å²) in [6, 6.07) is 9.71. The number of nitrogens with one attached hydrogen (secondary N) is 1. The highest BCUT2D eigenvalue weighted by Gasteiger charge is 2.05. The van der Waals surface area contributed by atoms with E-state index in [1.807, 2.05) is 37.1 Å². The molecule has 108 valence electrons. The molecule has 0 unspecified atom stereocenters. The molecule has 0 spiro atoms. The first-order valence-electron chi connectivity index (χ1n) is 6.73. The molecule has 0 bridgehead atoms. The lowest BCUT2D eigenvalue weighted by atomic mass is 10.1. The predicted molar refractivity (Wildman–Crippen MR) is 84.3 cm³/mol. The van der Waals surface area contributed by atoms with Crippen molar-refractivity contribution in [3.05, 3.63) is 35.4 Å². The van der Waals surface area contributed by atoms with Crippen LogP contribution in [0.2, 0.25) is 0 Å². The average Bonchev–Trinajstić information content (AvgIpc) is 2.47. The van der Waals surface area contributed by atoms with Crippen molar-refractivity contribution >= 4 is 17.3 Å². The van der Waals surface area contributed by atoms with E-state index in [1.54, 1.807) is 6.07 Å². The number of benzene rings is 1.